The second-order valence-corrected chi connectivity index (χ2v) is 4.41. The molecule has 0 radical (unpaired) electrons. The molecule has 1 aromatic carbocycles. The molecule has 18 heavy (non-hydrogen) atoms. The summed E-state index contributed by atoms with van der Waals surface area (Å²) in [5.41, 5.74) is 2.23. The van der Waals surface area contributed by atoms with Crippen molar-refractivity contribution in [3.8, 4) is 0 Å². The van der Waals surface area contributed by atoms with Crippen molar-refractivity contribution in [2.45, 2.75) is 19.3 Å². The standard InChI is InChI=1S/C13H15N3O2/c1-11-2-4-12(5-3-11)13(17-6-7-18-13)8-16-10-14-9-15-16/h2-5,9-10H,6-8H2,1H3. The highest BCUT2D eigenvalue weighted by molar-refractivity contribution is 5.25. The average Bonchev–Trinajstić information content (AvgIpc) is 3.03. The molecule has 0 saturated carbocycles. The Bertz CT molecular complexity index is 502. The quantitative estimate of drug-likeness (QED) is 0.822. The number of aryl methyl sites for hydroxylation is 1. The summed E-state index contributed by atoms with van der Waals surface area (Å²) in [5.74, 6) is -0.735. The molecule has 94 valence electrons. The Hall–Kier alpha value is -1.72. The smallest absolute Gasteiger partial charge is 0.215 e. The Morgan fingerprint density at radius 1 is 1.22 bits per heavy atom. The fourth-order valence-corrected chi connectivity index (χ4v) is 2.14. The molecule has 0 bridgehead atoms. The van der Waals surface area contributed by atoms with E-state index in [1.807, 2.05) is 12.1 Å². The minimum absolute atomic E-state index is 0.510. The van der Waals surface area contributed by atoms with E-state index >= 15 is 0 Å². The topological polar surface area (TPSA) is 49.2 Å². The highest BCUT2D eigenvalue weighted by atomic mass is 16.7. The molecule has 1 aliphatic rings. The average molecular weight is 245 g/mol. The van der Waals surface area contributed by atoms with E-state index in [2.05, 4.69) is 29.1 Å². The van der Waals surface area contributed by atoms with Crippen LogP contribution in [0.25, 0.3) is 0 Å². The SMILES string of the molecule is Cc1ccc(C2(Cn3cncn3)OCCO2)cc1. The Kier molecular flexibility index (Phi) is 2.85. The van der Waals surface area contributed by atoms with E-state index < -0.39 is 5.79 Å². The highest BCUT2D eigenvalue weighted by Crippen LogP contribution is 2.33. The summed E-state index contributed by atoms with van der Waals surface area (Å²) in [6.45, 7) is 3.77. The number of hydrogen-bond donors (Lipinski definition) is 0. The fourth-order valence-electron chi connectivity index (χ4n) is 2.14. The van der Waals surface area contributed by atoms with E-state index in [-0.39, 0.29) is 0 Å². The summed E-state index contributed by atoms with van der Waals surface area (Å²) < 4.78 is 13.4. The summed E-state index contributed by atoms with van der Waals surface area (Å²) in [5, 5.41) is 4.11. The molecule has 1 aromatic heterocycles. The van der Waals surface area contributed by atoms with Crippen LogP contribution < -0.4 is 0 Å². The molecule has 5 heteroatoms. The third-order valence-corrected chi connectivity index (χ3v) is 3.08. The Morgan fingerprint density at radius 2 is 1.94 bits per heavy atom. The molecule has 0 unspecified atom stereocenters. The van der Waals surface area contributed by atoms with E-state index in [1.54, 1.807) is 11.0 Å². The molecule has 0 atom stereocenters. The van der Waals surface area contributed by atoms with E-state index in [0.717, 1.165) is 5.56 Å². The van der Waals surface area contributed by atoms with Crippen molar-refractivity contribution in [3.05, 3.63) is 48.0 Å². The summed E-state index contributed by atoms with van der Waals surface area (Å²) in [4.78, 5) is 3.94. The Balaban J connectivity index is 1.93. The van der Waals surface area contributed by atoms with Crippen molar-refractivity contribution in [3.63, 3.8) is 0 Å². The molecule has 3 rings (SSSR count). The zero-order valence-corrected chi connectivity index (χ0v) is 10.2. The lowest BCUT2D eigenvalue weighted by Gasteiger charge is -2.27. The van der Waals surface area contributed by atoms with Gasteiger partial charge >= 0.3 is 0 Å². The molecule has 1 saturated heterocycles. The van der Waals surface area contributed by atoms with Gasteiger partial charge in [0.2, 0.25) is 5.79 Å². The fraction of sp³-hybridized carbons (Fsp3) is 0.385. The number of aromatic nitrogens is 3. The molecule has 0 aliphatic carbocycles. The van der Waals surface area contributed by atoms with Gasteiger partial charge in [-0.15, -0.1) is 0 Å². The van der Waals surface area contributed by atoms with Gasteiger partial charge in [-0.05, 0) is 6.92 Å². The summed E-state index contributed by atoms with van der Waals surface area (Å²) >= 11 is 0. The monoisotopic (exact) mass is 245 g/mol. The van der Waals surface area contributed by atoms with Crippen molar-refractivity contribution in [1.82, 2.24) is 14.8 Å². The maximum atomic E-state index is 5.83. The van der Waals surface area contributed by atoms with Crippen molar-refractivity contribution in [1.29, 1.82) is 0 Å². The van der Waals surface area contributed by atoms with Gasteiger partial charge < -0.3 is 9.47 Å². The highest BCUT2D eigenvalue weighted by Gasteiger charge is 2.39. The zero-order chi connectivity index (χ0) is 12.4. The second kappa shape index (κ2) is 4.51. The zero-order valence-electron chi connectivity index (χ0n) is 10.2. The van der Waals surface area contributed by atoms with Crippen LogP contribution in [0, 0.1) is 6.92 Å². The number of nitrogens with zero attached hydrogens (tertiary/aromatic N) is 3. The van der Waals surface area contributed by atoms with Crippen LogP contribution in [0.5, 0.6) is 0 Å². The van der Waals surface area contributed by atoms with Crippen LogP contribution in [0.1, 0.15) is 11.1 Å². The van der Waals surface area contributed by atoms with Crippen molar-refractivity contribution >= 4 is 0 Å². The lowest BCUT2D eigenvalue weighted by molar-refractivity contribution is -0.177. The molecule has 0 spiro atoms. The molecule has 2 aromatic rings. The molecular formula is C13H15N3O2. The van der Waals surface area contributed by atoms with Crippen LogP contribution >= 0.6 is 0 Å². The first kappa shape index (κ1) is 11.4. The van der Waals surface area contributed by atoms with Crippen LogP contribution in [0.15, 0.2) is 36.9 Å². The van der Waals surface area contributed by atoms with Crippen molar-refractivity contribution < 1.29 is 9.47 Å². The molecule has 1 aliphatic heterocycles. The lowest BCUT2D eigenvalue weighted by atomic mass is 10.0. The number of ether oxygens (including phenoxy) is 2. The van der Waals surface area contributed by atoms with Gasteiger partial charge in [-0.2, -0.15) is 5.10 Å². The van der Waals surface area contributed by atoms with Crippen LogP contribution in [0.2, 0.25) is 0 Å². The second-order valence-electron chi connectivity index (χ2n) is 4.41. The predicted octanol–water partition coefficient (Wildman–Crippen LogP) is 1.49. The number of benzene rings is 1. The van der Waals surface area contributed by atoms with E-state index in [0.29, 0.717) is 19.8 Å². The van der Waals surface area contributed by atoms with E-state index in [1.165, 1.54) is 11.9 Å². The van der Waals surface area contributed by atoms with Gasteiger partial charge in [0.1, 0.15) is 19.2 Å². The molecule has 5 nitrogen and oxygen atoms in total. The van der Waals surface area contributed by atoms with Gasteiger partial charge in [-0.25, -0.2) is 9.67 Å². The number of hydrogen-bond acceptors (Lipinski definition) is 4. The Morgan fingerprint density at radius 3 is 2.56 bits per heavy atom. The van der Waals surface area contributed by atoms with Gasteiger partial charge in [0.25, 0.3) is 0 Å². The van der Waals surface area contributed by atoms with E-state index in [4.69, 9.17) is 9.47 Å². The first-order valence-corrected chi connectivity index (χ1v) is 5.96. The first-order chi connectivity index (χ1) is 8.78. The molecule has 2 heterocycles. The van der Waals surface area contributed by atoms with Crippen molar-refractivity contribution in [2.75, 3.05) is 13.2 Å². The molecule has 0 amide bonds. The normalized spacial score (nSPS) is 18.1. The van der Waals surface area contributed by atoms with Gasteiger partial charge in [-0.3, -0.25) is 0 Å². The van der Waals surface area contributed by atoms with Gasteiger partial charge in [0, 0.05) is 5.56 Å². The third kappa shape index (κ3) is 2.02. The summed E-state index contributed by atoms with van der Waals surface area (Å²) in [6, 6.07) is 8.20. The molecule has 0 N–H and O–H groups in total. The van der Waals surface area contributed by atoms with Crippen LogP contribution in [-0.4, -0.2) is 28.0 Å². The van der Waals surface area contributed by atoms with Gasteiger partial charge in [-0.1, -0.05) is 29.8 Å². The Labute approximate surface area is 105 Å². The van der Waals surface area contributed by atoms with Crippen LogP contribution in [0.4, 0.5) is 0 Å². The summed E-state index contributed by atoms with van der Waals surface area (Å²) in [7, 11) is 0. The maximum absolute atomic E-state index is 5.83. The molecular weight excluding hydrogens is 230 g/mol. The molecule has 1 fully saturated rings. The summed E-state index contributed by atoms with van der Waals surface area (Å²) in [6.07, 6.45) is 3.18. The third-order valence-electron chi connectivity index (χ3n) is 3.08. The minimum atomic E-state index is -0.735. The maximum Gasteiger partial charge on any atom is 0.215 e. The minimum Gasteiger partial charge on any atom is -0.342 e. The van der Waals surface area contributed by atoms with Crippen LogP contribution in [0.3, 0.4) is 0 Å². The van der Waals surface area contributed by atoms with Gasteiger partial charge in [0.05, 0.1) is 13.2 Å². The van der Waals surface area contributed by atoms with Gasteiger partial charge in [0.15, 0.2) is 0 Å². The van der Waals surface area contributed by atoms with Crippen molar-refractivity contribution in [2.24, 2.45) is 0 Å². The van der Waals surface area contributed by atoms with Crippen LogP contribution in [-0.2, 0) is 21.8 Å². The van der Waals surface area contributed by atoms with E-state index in [9.17, 15) is 0 Å². The lowest BCUT2D eigenvalue weighted by Crippen LogP contribution is -2.33. The first-order valence-electron chi connectivity index (χ1n) is 5.96. The largest absolute Gasteiger partial charge is 0.342 e. The predicted molar refractivity (Wildman–Crippen MR) is 64.8 cm³/mol. The number of rotatable bonds is 3.